The van der Waals surface area contributed by atoms with Crippen molar-refractivity contribution in [2.24, 2.45) is 5.92 Å². The summed E-state index contributed by atoms with van der Waals surface area (Å²) in [7, 11) is -4.28. The fourth-order valence-corrected chi connectivity index (χ4v) is 6.69. The number of nitrogens with one attached hydrogen (secondary N) is 1. The molecule has 4 aromatic rings. The highest BCUT2D eigenvalue weighted by atomic mass is 35.5. The molecule has 1 atom stereocenters. The van der Waals surface area contributed by atoms with Crippen LogP contribution in [0.1, 0.15) is 30.5 Å². The first-order valence-electron chi connectivity index (χ1n) is 14.8. The SMILES string of the molecule is Cc1ccc(S(=O)(=O)N(CC(=O)N(Cc2ccccc2Cl)C(Cc2ccccc2)C(=O)NCC(C)C)c2ccc(Cl)c(Cl)c2)cc1. The molecule has 0 radical (unpaired) electrons. The van der Waals surface area contributed by atoms with Crippen LogP contribution >= 0.6 is 34.8 Å². The molecule has 0 bridgehead atoms. The lowest BCUT2D eigenvalue weighted by molar-refractivity contribution is -0.140. The fraction of sp³-hybridized carbons (Fsp3) is 0.257. The molecule has 0 aliphatic rings. The molecule has 0 aromatic heterocycles. The van der Waals surface area contributed by atoms with E-state index in [1.807, 2.05) is 51.1 Å². The first kappa shape index (κ1) is 35.3. The maximum atomic E-state index is 14.5. The Labute approximate surface area is 286 Å². The first-order chi connectivity index (χ1) is 21.9. The van der Waals surface area contributed by atoms with Gasteiger partial charge in [0, 0.05) is 24.5 Å². The van der Waals surface area contributed by atoms with Crippen LogP contribution in [0.3, 0.4) is 0 Å². The molecule has 242 valence electrons. The lowest BCUT2D eigenvalue weighted by Crippen LogP contribution is -2.53. The summed E-state index contributed by atoms with van der Waals surface area (Å²) < 4.78 is 29.3. The Morgan fingerprint density at radius 2 is 1.46 bits per heavy atom. The molecule has 4 aromatic carbocycles. The maximum absolute atomic E-state index is 14.5. The average Bonchev–Trinajstić information content (AvgIpc) is 3.03. The molecule has 4 rings (SSSR count). The number of anilines is 1. The van der Waals surface area contributed by atoms with Crippen LogP contribution in [0, 0.1) is 12.8 Å². The second-order valence-corrected chi connectivity index (χ2v) is 14.5. The summed E-state index contributed by atoms with van der Waals surface area (Å²) >= 11 is 19.0. The van der Waals surface area contributed by atoms with Crippen LogP contribution in [0.5, 0.6) is 0 Å². The van der Waals surface area contributed by atoms with Crippen molar-refractivity contribution in [1.29, 1.82) is 0 Å². The van der Waals surface area contributed by atoms with E-state index in [0.29, 0.717) is 17.1 Å². The number of carbonyl (C=O) groups excluding carboxylic acids is 2. The predicted molar refractivity (Wildman–Crippen MR) is 186 cm³/mol. The summed E-state index contributed by atoms with van der Waals surface area (Å²) in [6.45, 7) is 5.54. The van der Waals surface area contributed by atoms with Crippen LogP contribution in [0.4, 0.5) is 5.69 Å². The van der Waals surface area contributed by atoms with E-state index in [2.05, 4.69) is 5.32 Å². The molecule has 0 saturated carbocycles. The summed E-state index contributed by atoms with van der Waals surface area (Å²) in [5.41, 5.74) is 2.45. The number of aryl methyl sites for hydroxylation is 1. The molecule has 1 N–H and O–H groups in total. The number of sulfonamides is 1. The third-order valence-corrected chi connectivity index (χ3v) is 10.2. The van der Waals surface area contributed by atoms with Gasteiger partial charge in [-0.15, -0.1) is 0 Å². The minimum absolute atomic E-state index is 0.00913. The van der Waals surface area contributed by atoms with E-state index in [9.17, 15) is 18.0 Å². The number of nitrogens with zero attached hydrogens (tertiary/aromatic N) is 2. The summed E-state index contributed by atoms with van der Waals surface area (Å²) in [6.07, 6.45) is 0.193. The zero-order valence-corrected chi connectivity index (χ0v) is 28.9. The zero-order chi connectivity index (χ0) is 33.4. The molecule has 11 heteroatoms. The molecule has 0 aliphatic carbocycles. The minimum atomic E-state index is -4.28. The largest absolute Gasteiger partial charge is 0.354 e. The van der Waals surface area contributed by atoms with Crippen molar-refractivity contribution < 1.29 is 18.0 Å². The molecule has 0 fully saturated rings. The summed E-state index contributed by atoms with van der Waals surface area (Å²) in [6, 6.07) is 26.1. The summed E-state index contributed by atoms with van der Waals surface area (Å²) in [5, 5.41) is 3.74. The van der Waals surface area contributed by atoms with Gasteiger partial charge in [0.15, 0.2) is 0 Å². The van der Waals surface area contributed by atoms with Gasteiger partial charge in [-0.3, -0.25) is 13.9 Å². The number of amides is 2. The van der Waals surface area contributed by atoms with Crippen LogP contribution < -0.4 is 9.62 Å². The van der Waals surface area contributed by atoms with Crippen molar-refractivity contribution in [3.63, 3.8) is 0 Å². The van der Waals surface area contributed by atoms with Gasteiger partial charge in [0.2, 0.25) is 11.8 Å². The molecule has 0 spiro atoms. The van der Waals surface area contributed by atoms with E-state index in [0.717, 1.165) is 15.4 Å². The van der Waals surface area contributed by atoms with Crippen molar-refractivity contribution in [1.82, 2.24) is 10.2 Å². The van der Waals surface area contributed by atoms with Gasteiger partial charge in [-0.2, -0.15) is 0 Å². The number of hydrogen-bond acceptors (Lipinski definition) is 4. The molecule has 46 heavy (non-hydrogen) atoms. The quantitative estimate of drug-likeness (QED) is 0.156. The molecular formula is C35H36Cl3N3O4S. The summed E-state index contributed by atoms with van der Waals surface area (Å²) in [5.74, 6) is -0.804. The van der Waals surface area contributed by atoms with E-state index in [-0.39, 0.29) is 45.4 Å². The van der Waals surface area contributed by atoms with Crippen LogP contribution in [0.2, 0.25) is 15.1 Å². The van der Waals surface area contributed by atoms with Crippen LogP contribution in [0.25, 0.3) is 0 Å². The van der Waals surface area contributed by atoms with Crippen molar-refractivity contribution in [3.8, 4) is 0 Å². The van der Waals surface area contributed by atoms with Gasteiger partial charge in [0.05, 0.1) is 20.6 Å². The standard InChI is InChI=1S/C35H36Cl3N3O4S/c1-24(2)21-39-35(43)33(19-26-9-5-4-6-10-26)40(22-27-11-7-8-12-30(27)36)34(42)23-41(28-15-18-31(37)32(38)20-28)46(44,45)29-16-13-25(3)14-17-29/h4-18,20,24,33H,19,21-23H2,1-3H3,(H,39,43). The summed E-state index contributed by atoms with van der Waals surface area (Å²) in [4.78, 5) is 29.8. The molecule has 2 amide bonds. The van der Waals surface area contributed by atoms with Crippen molar-refractivity contribution in [2.45, 2.75) is 44.7 Å². The maximum Gasteiger partial charge on any atom is 0.264 e. The van der Waals surface area contributed by atoms with E-state index in [1.54, 1.807) is 36.4 Å². The Kier molecular flexibility index (Phi) is 12.1. The van der Waals surface area contributed by atoms with Crippen molar-refractivity contribution in [2.75, 3.05) is 17.4 Å². The van der Waals surface area contributed by atoms with Crippen LogP contribution in [0.15, 0.2) is 102 Å². The van der Waals surface area contributed by atoms with E-state index >= 15 is 0 Å². The highest BCUT2D eigenvalue weighted by molar-refractivity contribution is 7.92. The number of hydrogen-bond donors (Lipinski definition) is 1. The molecule has 0 saturated heterocycles. The first-order valence-corrected chi connectivity index (χ1v) is 17.3. The minimum Gasteiger partial charge on any atom is -0.354 e. The van der Waals surface area contributed by atoms with E-state index in [4.69, 9.17) is 34.8 Å². The Hall–Kier alpha value is -3.56. The monoisotopic (exact) mass is 699 g/mol. The highest BCUT2D eigenvalue weighted by Crippen LogP contribution is 2.31. The smallest absolute Gasteiger partial charge is 0.264 e. The van der Waals surface area contributed by atoms with Gasteiger partial charge in [0.1, 0.15) is 12.6 Å². The number of benzene rings is 4. The number of halogens is 3. The second kappa shape index (κ2) is 15.8. The molecule has 1 unspecified atom stereocenters. The lowest BCUT2D eigenvalue weighted by Gasteiger charge is -2.34. The van der Waals surface area contributed by atoms with Crippen molar-refractivity contribution in [3.05, 3.63) is 129 Å². The Bertz CT molecular complexity index is 1770. The second-order valence-electron chi connectivity index (χ2n) is 11.4. The zero-order valence-electron chi connectivity index (χ0n) is 25.8. The Morgan fingerprint density at radius 1 is 0.804 bits per heavy atom. The lowest BCUT2D eigenvalue weighted by atomic mass is 10.0. The normalized spacial score (nSPS) is 12.1. The highest BCUT2D eigenvalue weighted by Gasteiger charge is 2.35. The molecule has 0 aliphatic heterocycles. The fourth-order valence-electron chi connectivity index (χ4n) is 4.79. The van der Waals surface area contributed by atoms with E-state index in [1.165, 1.54) is 35.2 Å². The van der Waals surface area contributed by atoms with Crippen LogP contribution in [-0.4, -0.2) is 44.3 Å². The van der Waals surface area contributed by atoms with Crippen molar-refractivity contribution >= 4 is 62.3 Å². The van der Waals surface area contributed by atoms with E-state index < -0.39 is 28.5 Å². The third-order valence-electron chi connectivity index (χ3n) is 7.33. The van der Waals surface area contributed by atoms with Gasteiger partial charge in [-0.05, 0) is 60.4 Å². The third kappa shape index (κ3) is 9.04. The topological polar surface area (TPSA) is 86.8 Å². The average molecular weight is 701 g/mol. The predicted octanol–water partition coefficient (Wildman–Crippen LogP) is 7.56. The van der Waals surface area contributed by atoms with Gasteiger partial charge in [-0.25, -0.2) is 8.42 Å². The van der Waals surface area contributed by atoms with Gasteiger partial charge < -0.3 is 10.2 Å². The Morgan fingerprint density at radius 3 is 2.09 bits per heavy atom. The van der Waals surface area contributed by atoms with Gasteiger partial charge in [0.25, 0.3) is 10.0 Å². The Balaban J connectivity index is 1.82. The number of rotatable bonds is 13. The van der Waals surface area contributed by atoms with Gasteiger partial charge in [-0.1, -0.05) is 115 Å². The molecule has 0 heterocycles. The van der Waals surface area contributed by atoms with Crippen LogP contribution in [-0.2, 0) is 32.6 Å². The molecular weight excluding hydrogens is 665 g/mol. The molecule has 7 nitrogen and oxygen atoms in total. The van der Waals surface area contributed by atoms with Gasteiger partial charge >= 0.3 is 0 Å². The number of carbonyl (C=O) groups is 2.